The lowest BCUT2D eigenvalue weighted by Crippen LogP contribution is -2.24. The lowest BCUT2D eigenvalue weighted by Gasteiger charge is -2.26. The normalized spacial score (nSPS) is 18.8. The average Bonchev–Trinajstić information content (AvgIpc) is 3.80. The molecule has 8 nitrogen and oxygen atoms in total. The number of carbonyl (C=O) groups is 2. The molecule has 44 heavy (non-hydrogen) atoms. The molecule has 4 N–H and O–H groups in total. The number of ether oxygens (including phenoxy) is 1. The smallest absolute Gasteiger partial charge is 0.418 e. The Labute approximate surface area is 253 Å². The van der Waals surface area contributed by atoms with Crippen molar-refractivity contribution in [1.82, 2.24) is 4.98 Å². The maximum absolute atomic E-state index is 14.8. The molecule has 2 atom stereocenters. The van der Waals surface area contributed by atoms with Crippen LogP contribution in [0.2, 0.25) is 0 Å². The van der Waals surface area contributed by atoms with Crippen LogP contribution >= 0.6 is 0 Å². The number of nitrogens with zero attached hydrogens (tertiary/aromatic N) is 1. The largest absolute Gasteiger partial charge is 0.454 e. The van der Waals surface area contributed by atoms with Crippen LogP contribution in [0.25, 0.3) is 0 Å². The number of urea groups is 1. The number of anilines is 4. The Morgan fingerprint density at radius 3 is 2.32 bits per heavy atom. The Morgan fingerprint density at radius 1 is 0.864 bits per heavy atom. The van der Waals surface area contributed by atoms with E-state index in [-0.39, 0.29) is 52.2 Å². The van der Waals surface area contributed by atoms with Gasteiger partial charge in [-0.1, -0.05) is 26.2 Å². The first-order chi connectivity index (χ1) is 21.0. The van der Waals surface area contributed by atoms with Crippen molar-refractivity contribution in [3.63, 3.8) is 0 Å². The highest BCUT2D eigenvalue weighted by atomic mass is 19.4. The summed E-state index contributed by atoms with van der Waals surface area (Å²) in [6.45, 7) is 2.17. The van der Waals surface area contributed by atoms with E-state index >= 15 is 0 Å². The molecule has 0 spiro atoms. The molecular weight excluding hydrogens is 578 g/mol. The summed E-state index contributed by atoms with van der Waals surface area (Å²) in [5.74, 6) is -0.00141. The van der Waals surface area contributed by atoms with Crippen molar-refractivity contribution in [2.75, 3.05) is 21.3 Å². The van der Waals surface area contributed by atoms with Gasteiger partial charge in [0.25, 0.3) is 0 Å². The maximum atomic E-state index is 14.8. The summed E-state index contributed by atoms with van der Waals surface area (Å²) < 4.78 is 62.3. The van der Waals surface area contributed by atoms with Crippen LogP contribution in [0.3, 0.4) is 0 Å². The molecule has 1 heterocycles. The summed E-state index contributed by atoms with van der Waals surface area (Å²) in [7, 11) is 0. The molecule has 2 aromatic carbocycles. The summed E-state index contributed by atoms with van der Waals surface area (Å²) in [5.41, 5.74) is -0.892. The average molecular weight is 614 g/mol. The lowest BCUT2D eigenvalue weighted by atomic mass is 9.90. The van der Waals surface area contributed by atoms with E-state index in [9.17, 15) is 27.2 Å². The van der Waals surface area contributed by atoms with E-state index in [0.717, 1.165) is 63.5 Å². The third-order valence-electron chi connectivity index (χ3n) is 7.80. The lowest BCUT2D eigenvalue weighted by molar-refractivity contribution is -0.137. The Kier molecular flexibility index (Phi) is 9.55. The predicted octanol–water partition coefficient (Wildman–Crippen LogP) is 8.80. The number of nitrogens with one attached hydrogen (secondary N) is 4. The first kappa shape index (κ1) is 31.1. The molecule has 2 unspecified atom stereocenters. The third kappa shape index (κ3) is 8.61. The van der Waals surface area contributed by atoms with E-state index < -0.39 is 23.6 Å². The number of halogens is 4. The summed E-state index contributed by atoms with van der Waals surface area (Å²) >= 11 is 0. The maximum Gasteiger partial charge on any atom is 0.418 e. The minimum absolute atomic E-state index is 0.0104. The van der Waals surface area contributed by atoms with Crippen LogP contribution in [0.5, 0.6) is 11.5 Å². The molecule has 2 saturated carbocycles. The summed E-state index contributed by atoms with van der Waals surface area (Å²) in [5, 5.41) is 10.6. The van der Waals surface area contributed by atoms with E-state index in [1.807, 2.05) is 0 Å². The van der Waals surface area contributed by atoms with E-state index in [2.05, 4.69) is 33.2 Å². The minimum Gasteiger partial charge on any atom is -0.454 e. The highest BCUT2D eigenvalue weighted by Crippen LogP contribution is 2.38. The zero-order chi connectivity index (χ0) is 31.3. The second-order valence-electron chi connectivity index (χ2n) is 11.5. The monoisotopic (exact) mass is 613 g/mol. The van der Waals surface area contributed by atoms with E-state index in [4.69, 9.17) is 4.74 Å². The number of amides is 3. The molecule has 234 valence electrons. The number of hydrogen-bond donors (Lipinski definition) is 4. The molecule has 0 aliphatic heterocycles. The molecule has 0 saturated heterocycles. The molecule has 5 rings (SSSR count). The van der Waals surface area contributed by atoms with E-state index in [1.54, 1.807) is 0 Å². The number of benzene rings is 2. The van der Waals surface area contributed by atoms with Gasteiger partial charge in [-0.2, -0.15) is 13.2 Å². The van der Waals surface area contributed by atoms with Gasteiger partial charge in [-0.15, -0.1) is 0 Å². The van der Waals surface area contributed by atoms with Crippen LogP contribution in [0, 0.1) is 17.7 Å². The zero-order valence-electron chi connectivity index (χ0n) is 24.3. The molecule has 0 radical (unpaired) electrons. The number of alkyl halides is 3. The first-order valence-corrected chi connectivity index (χ1v) is 14.8. The van der Waals surface area contributed by atoms with Gasteiger partial charge >= 0.3 is 12.2 Å². The topological polar surface area (TPSA) is 104 Å². The molecule has 3 aromatic rings. The second-order valence-corrected chi connectivity index (χ2v) is 11.5. The highest BCUT2D eigenvalue weighted by molar-refractivity contribution is 6.00. The Hall–Kier alpha value is -4.35. The van der Waals surface area contributed by atoms with Gasteiger partial charge in [-0.25, -0.2) is 14.2 Å². The van der Waals surface area contributed by atoms with Gasteiger partial charge in [0, 0.05) is 47.4 Å². The van der Waals surface area contributed by atoms with Crippen LogP contribution in [0.1, 0.15) is 63.9 Å². The molecule has 2 fully saturated rings. The van der Waals surface area contributed by atoms with Crippen molar-refractivity contribution >= 4 is 34.8 Å². The Morgan fingerprint density at radius 2 is 1.59 bits per heavy atom. The molecular formula is C32H35F4N5O3. The SMILES string of the molecule is CC1CCCCC(Nc2ccc(NC(=O)Nc3ccc(Oc4ccnc(NC(=O)C5CC5)c4)c(F)c3)cc2C(F)(F)F)CC1. The van der Waals surface area contributed by atoms with Gasteiger partial charge in [0.15, 0.2) is 11.6 Å². The van der Waals surface area contributed by atoms with Crippen LogP contribution < -0.4 is 26.0 Å². The van der Waals surface area contributed by atoms with Gasteiger partial charge in [0.1, 0.15) is 11.6 Å². The quantitative estimate of drug-likeness (QED) is 0.190. The number of aromatic nitrogens is 1. The molecule has 1 aromatic heterocycles. The Bertz CT molecular complexity index is 1490. The summed E-state index contributed by atoms with van der Waals surface area (Å²) in [6, 6.07) is 9.39. The van der Waals surface area contributed by atoms with Crippen molar-refractivity contribution in [3.8, 4) is 11.5 Å². The van der Waals surface area contributed by atoms with Crippen molar-refractivity contribution < 1.29 is 31.9 Å². The van der Waals surface area contributed by atoms with Gasteiger partial charge < -0.3 is 26.0 Å². The molecule has 2 aliphatic rings. The van der Waals surface area contributed by atoms with Gasteiger partial charge in [-0.05, 0) is 74.4 Å². The van der Waals surface area contributed by atoms with Crippen molar-refractivity contribution in [3.05, 3.63) is 66.1 Å². The third-order valence-corrected chi connectivity index (χ3v) is 7.80. The summed E-state index contributed by atoms with van der Waals surface area (Å²) in [6.07, 6.45) is 4.17. The second kappa shape index (κ2) is 13.5. The van der Waals surface area contributed by atoms with Crippen LogP contribution in [-0.2, 0) is 11.0 Å². The van der Waals surface area contributed by atoms with Crippen molar-refractivity contribution in [2.45, 2.75) is 70.5 Å². The van der Waals surface area contributed by atoms with Crippen LogP contribution in [-0.4, -0.2) is 23.0 Å². The molecule has 0 bridgehead atoms. The zero-order valence-corrected chi connectivity index (χ0v) is 24.3. The fourth-order valence-electron chi connectivity index (χ4n) is 5.20. The molecule has 12 heteroatoms. The number of hydrogen-bond acceptors (Lipinski definition) is 5. The highest BCUT2D eigenvalue weighted by Gasteiger charge is 2.35. The fourth-order valence-corrected chi connectivity index (χ4v) is 5.20. The van der Waals surface area contributed by atoms with Gasteiger partial charge in [0.2, 0.25) is 5.91 Å². The summed E-state index contributed by atoms with van der Waals surface area (Å²) in [4.78, 5) is 28.6. The molecule has 2 aliphatic carbocycles. The van der Waals surface area contributed by atoms with Crippen LogP contribution in [0.15, 0.2) is 54.7 Å². The van der Waals surface area contributed by atoms with Crippen molar-refractivity contribution in [1.29, 1.82) is 0 Å². The van der Waals surface area contributed by atoms with Gasteiger partial charge in [0.05, 0.1) is 5.56 Å². The van der Waals surface area contributed by atoms with Crippen LogP contribution in [0.4, 0.5) is 45.2 Å². The first-order valence-electron chi connectivity index (χ1n) is 14.8. The standard InChI is InChI=1S/C32H35F4N5O3/c1-19-4-2-3-5-21(9-6-19)38-27-12-10-22(16-25(27)32(34,35)36)39-31(43)40-23-11-13-28(26(33)17-23)44-24-14-15-37-29(18-24)41-30(42)20-7-8-20/h10-21,38H,2-9H2,1H3,(H,37,41,42)(H2,39,40,43). The minimum atomic E-state index is -4.64. The van der Waals surface area contributed by atoms with E-state index in [1.165, 1.54) is 42.6 Å². The fraction of sp³-hybridized carbons (Fsp3) is 0.406. The van der Waals surface area contributed by atoms with E-state index in [0.29, 0.717) is 5.92 Å². The number of carbonyl (C=O) groups excluding carboxylic acids is 2. The Balaban J connectivity index is 1.20. The van der Waals surface area contributed by atoms with Crippen molar-refractivity contribution in [2.24, 2.45) is 11.8 Å². The molecule has 3 amide bonds. The predicted molar refractivity (Wildman–Crippen MR) is 160 cm³/mol. The number of pyridine rings is 1. The van der Waals surface area contributed by atoms with Gasteiger partial charge in [-0.3, -0.25) is 4.79 Å². The number of rotatable bonds is 8.